The van der Waals surface area contributed by atoms with E-state index in [-0.39, 0.29) is 5.41 Å². The van der Waals surface area contributed by atoms with Crippen LogP contribution >= 0.6 is 11.3 Å². The van der Waals surface area contributed by atoms with Crippen LogP contribution in [0.1, 0.15) is 62.3 Å². The zero-order valence-electron chi connectivity index (χ0n) is 21.3. The Kier molecular flexibility index (Phi) is 7.23. The molecule has 0 saturated carbocycles. The summed E-state index contributed by atoms with van der Waals surface area (Å²) in [5.41, 5.74) is 10.8. The molecular weight excluding hydrogens is 432 g/mol. The predicted molar refractivity (Wildman–Crippen MR) is 150 cm³/mol. The molecule has 5 rings (SSSR count). The summed E-state index contributed by atoms with van der Waals surface area (Å²) in [6, 6.07) is 15.5. The number of rotatable bonds is 6. The average molecular weight is 469 g/mol. The molecule has 2 nitrogen and oxygen atoms in total. The lowest BCUT2D eigenvalue weighted by atomic mass is 9.65. The number of nitrogens with one attached hydrogen (secondary N) is 1. The highest BCUT2D eigenvalue weighted by molar-refractivity contribution is 7.14. The van der Waals surface area contributed by atoms with Gasteiger partial charge in [0.15, 0.2) is 5.13 Å². The number of thiazole rings is 1. The maximum atomic E-state index is 4.86. The lowest BCUT2D eigenvalue weighted by Crippen LogP contribution is -2.29. The van der Waals surface area contributed by atoms with Gasteiger partial charge in [-0.25, -0.2) is 4.98 Å². The maximum absolute atomic E-state index is 4.86. The van der Waals surface area contributed by atoms with Crippen LogP contribution in [0.5, 0.6) is 0 Å². The fourth-order valence-corrected chi connectivity index (χ4v) is 5.48. The van der Waals surface area contributed by atoms with Crippen molar-refractivity contribution >= 4 is 22.0 Å². The lowest BCUT2D eigenvalue weighted by Gasteiger charge is -2.40. The van der Waals surface area contributed by atoms with Crippen molar-refractivity contribution in [2.24, 2.45) is 5.41 Å². The third kappa shape index (κ3) is 4.95. The van der Waals surface area contributed by atoms with Gasteiger partial charge in [-0.1, -0.05) is 88.4 Å². The van der Waals surface area contributed by atoms with Crippen molar-refractivity contribution in [3.63, 3.8) is 0 Å². The van der Waals surface area contributed by atoms with Gasteiger partial charge in [0.25, 0.3) is 0 Å². The standard InChI is InChI=1S/C29H30N2S.C2H6/c1-19-13-14-22(15-20(19)2)26-17-32-28(31-26)30-18-29(3,4)16-25-23-11-7-8-12-24(23)27(25)21-9-5-6-10-21;1-2/h5-15,17,25H,16,18H2,1-4H3,(H,30,31);1-2H3. The van der Waals surface area contributed by atoms with Gasteiger partial charge in [-0.2, -0.15) is 0 Å². The number of nitrogens with zero attached hydrogens (tertiary/aromatic N) is 1. The smallest absolute Gasteiger partial charge is 0.183 e. The van der Waals surface area contributed by atoms with Gasteiger partial charge in [0.05, 0.1) is 5.69 Å². The molecule has 0 fully saturated rings. The number of hydrogen-bond acceptors (Lipinski definition) is 3. The fraction of sp³-hybridized carbons (Fsp3) is 0.323. The average Bonchev–Trinajstić information content (AvgIpc) is 3.52. The summed E-state index contributed by atoms with van der Waals surface area (Å²) >= 11 is 1.69. The molecule has 2 aliphatic rings. The molecule has 1 unspecified atom stereocenters. The minimum atomic E-state index is 0.141. The Morgan fingerprint density at radius 3 is 2.44 bits per heavy atom. The maximum Gasteiger partial charge on any atom is 0.183 e. The monoisotopic (exact) mass is 468 g/mol. The molecular formula is C31H36N2S. The molecule has 1 heterocycles. The third-order valence-corrected chi connectivity index (χ3v) is 7.53. The number of anilines is 1. The van der Waals surface area contributed by atoms with E-state index in [1.165, 1.54) is 39.0 Å². The van der Waals surface area contributed by atoms with Crippen LogP contribution in [0.2, 0.25) is 0 Å². The molecule has 0 aliphatic heterocycles. The Morgan fingerprint density at radius 1 is 0.971 bits per heavy atom. The second kappa shape index (κ2) is 10.1. The lowest BCUT2D eigenvalue weighted by molar-refractivity contribution is 0.341. The largest absolute Gasteiger partial charge is 0.361 e. The van der Waals surface area contributed by atoms with Crippen LogP contribution in [0.4, 0.5) is 5.13 Å². The van der Waals surface area contributed by atoms with Crippen LogP contribution in [0.25, 0.3) is 16.8 Å². The van der Waals surface area contributed by atoms with E-state index in [2.05, 4.69) is 105 Å². The van der Waals surface area contributed by atoms with Gasteiger partial charge in [0, 0.05) is 23.4 Å². The molecule has 176 valence electrons. The Morgan fingerprint density at radius 2 is 1.71 bits per heavy atom. The molecule has 0 radical (unpaired) electrons. The summed E-state index contributed by atoms with van der Waals surface area (Å²) in [6.07, 6.45) is 9.89. The number of aromatic nitrogens is 1. The van der Waals surface area contributed by atoms with Crippen LogP contribution in [-0.2, 0) is 0 Å². The highest BCUT2D eigenvalue weighted by atomic mass is 32.1. The quantitative estimate of drug-likeness (QED) is 0.390. The Bertz CT molecular complexity index is 1240. The zero-order chi connectivity index (χ0) is 24.3. The molecule has 1 atom stereocenters. The molecule has 1 aromatic heterocycles. The second-order valence-corrected chi connectivity index (χ2v) is 10.6. The number of aryl methyl sites for hydroxylation is 2. The summed E-state index contributed by atoms with van der Waals surface area (Å²) in [5.74, 6) is 0.493. The molecule has 0 spiro atoms. The Labute approximate surface area is 209 Å². The SMILES string of the molecule is CC.Cc1ccc(-c2csc(NCC(C)(C)CC3C(=C4C=CC=C4)c4ccccc43)n2)cc1C. The highest BCUT2D eigenvalue weighted by Gasteiger charge is 2.37. The fourth-order valence-electron chi connectivity index (χ4n) is 4.76. The Hall–Kier alpha value is -2.91. The summed E-state index contributed by atoms with van der Waals surface area (Å²) < 4.78 is 0. The summed E-state index contributed by atoms with van der Waals surface area (Å²) in [7, 11) is 0. The van der Waals surface area contributed by atoms with E-state index in [1.807, 2.05) is 13.8 Å². The van der Waals surface area contributed by atoms with Gasteiger partial charge >= 0.3 is 0 Å². The van der Waals surface area contributed by atoms with E-state index in [0.717, 1.165) is 23.8 Å². The molecule has 2 aromatic carbocycles. The summed E-state index contributed by atoms with van der Waals surface area (Å²) in [4.78, 5) is 4.86. The molecule has 0 saturated heterocycles. The van der Waals surface area contributed by atoms with E-state index in [4.69, 9.17) is 4.98 Å². The van der Waals surface area contributed by atoms with E-state index in [9.17, 15) is 0 Å². The minimum absolute atomic E-state index is 0.141. The molecule has 0 bridgehead atoms. The van der Waals surface area contributed by atoms with E-state index in [0.29, 0.717) is 5.92 Å². The first-order valence-corrected chi connectivity index (χ1v) is 13.2. The topological polar surface area (TPSA) is 24.9 Å². The minimum Gasteiger partial charge on any atom is -0.361 e. The molecule has 2 aliphatic carbocycles. The van der Waals surface area contributed by atoms with E-state index >= 15 is 0 Å². The van der Waals surface area contributed by atoms with Gasteiger partial charge < -0.3 is 5.32 Å². The van der Waals surface area contributed by atoms with Gasteiger partial charge in [-0.05, 0) is 65.1 Å². The van der Waals surface area contributed by atoms with Crippen LogP contribution in [0.3, 0.4) is 0 Å². The first-order chi connectivity index (χ1) is 16.4. The number of benzene rings is 2. The van der Waals surface area contributed by atoms with Crippen LogP contribution in [-0.4, -0.2) is 11.5 Å². The van der Waals surface area contributed by atoms with E-state index in [1.54, 1.807) is 11.3 Å². The molecule has 0 amide bonds. The Balaban J connectivity index is 0.00000133. The van der Waals surface area contributed by atoms with Crippen molar-refractivity contribution in [1.29, 1.82) is 0 Å². The van der Waals surface area contributed by atoms with Crippen LogP contribution < -0.4 is 5.32 Å². The number of hydrogen-bond donors (Lipinski definition) is 1. The second-order valence-electron chi connectivity index (χ2n) is 9.79. The number of allylic oxidation sites excluding steroid dienone is 6. The third-order valence-electron chi connectivity index (χ3n) is 6.73. The van der Waals surface area contributed by atoms with Gasteiger partial charge in [-0.3, -0.25) is 0 Å². The normalized spacial score (nSPS) is 16.1. The number of fused-ring (bicyclic) bond motifs is 1. The molecule has 1 N–H and O–H groups in total. The van der Waals surface area contributed by atoms with Crippen LogP contribution in [0.15, 0.2) is 77.7 Å². The molecule has 3 heteroatoms. The summed E-state index contributed by atoms with van der Waals surface area (Å²) in [6.45, 7) is 13.9. The predicted octanol–water partition coefficient (Wildman–Crippen LogP) is 8.96. The van der Waals surface area contributed by atoms with Gasteiger partial charge in [0.1, 0.15) is 0 Å². The molecule has 34 heavy (non-hydrogen) atoms. The van der Waals surface area contributed by atoms with Gasteiger partial charge in [0.2, 0.25) is 0 Å². The van der Waals surface area contributed by atoms with Crippen molar-refractivity contribution in [2.75, 3.05) is 11.9 Å². The zero-order valence-corrected chi connectivity index (χ0v) is 22.1. The molecule has 3 aromatic rings. The van der Waals surface area contributed by atoms with Crippen LogP contribution in [0, 0.1) is 19.3 Å². The van der Waals surface area contributed by atoms with E-state index < -0.39 is 0 Å². The highest BCUT2D eigenvalue weighted by Crippen LogP contribution is 2.53. The summed E-state index contributed by atoms with van der Waals surface area (Å²) in [5, 5.41) is 6.78. The van der Waals surface area contributed by atoms with Crippen molar-refractivity contribution < 1.29 is 0 Å². The van der Waals surface area contributed by atoms with Crippen molar-refractivity contribution in [1.82, 2.24) is 4.98 Å². The van der Waals surface area contributed by atoms with Crippen molar-refractivity contribution in [2.45, 2.75) is 53.9 Å². The first-order valence-electron chi connectivity index (χ1n) is 12.4. The van der Waals surface area contributed by atoms with Gasteiger partial charge in [-0.15, -0.1) is 11.3 Å². The van der Waals surface area contributed by atoms with Crippen molar-refractivity contribution in [3.05, 3.63) is 100.0 Å². The first kappa shape index (κ1) is 24.2. The van der Waals surface area contributed by atoms with Crippen molar-refractivity contribution in [3.8, 4) is 11.3 Å².